The predicted molar refractivity (Wildman–Crippen MR) is 91.6 cm³/mol. The molecule has 0 rings (SSSR count). The van der Waals surface area contributed by atoms with Crippen molar-refractivity contribution in [3.63, 3.8) is 0 Å². The molecule has 0 atom stereocenters. The summed E-state index contributed by atoms with van der Waals surface area (Å²) in [5.74, 6) is 8.38. The maximum absolute atomic E-state index is 5.67. The van der Waals surface area contributed by atoms with Crippen LogP contribution in [0, 0.1) is 0 Å². The first-order chi connectivity index (χ1) is 11.0. The molecule has 10 nitrogen and oxygen atoms in total. The Morgan fingerprint density at radius 1 is 0.600 bits per heavy atom. The third-order valence-corrected chi connectivity index (χ3v) is 3.66. The molecule has 152 valence electrons. The number of nitrogens with two attached hydrogens (primary N) is 2. The topological polar surface area (TPSA) is 131 Å². The molecular formula is C15H36N4O6. The molecular weight excluding hydrogens is 332 g/mol. The van der Waals surface area contributed by atoms with Crippen molar-refractivity contribution in [3.05, 3.63) is 0 Å². The van der Waals surface area contributed by atoms with Gasteiger partial charge in [-0.25, -0.2) is 16.6 Å². The number of nitrogens with one attached hydrogen (secondary N) is 2. The summed E-state index contributed by atoms with van der Waals surface area (Å²) in [5.41, 5.74) is 2.73. The van der Waals surface area contributed by atoms with Gasteiger partial charge in [0.1, 0.15) is 16.9 Å². The standard InChI is InChI=1S/C15H36N4O6/c1-11(2,21-16)12(3,4)23-19-25-15(9,10)24-18-13(5,6)20-14(7,8)22-17/h18-19H,16-17H2,1-10H3. The van der Waals surface area contributed by atoms with Gasteiger partial charge in [0, 0.05) is 0 Å². The van der Waals surface area contributed by atoms with Gasteiger partial charge in [-0.1, -0.05) is 5.64 Å². The van der Waals surface area contributed by atoms with Crippen LogP contribution in [0.1, 0.15) is 69.2 Å². The minimum atomic E-state index is -1.10. The van der Waals surface area contributed by atoms with Gasteiger partial charge in [0.25, 0.3) is 0 Å². The van der Waals surface area contributed by atoms with E-state index < -0.39 is 28.5 Å². The fourth-order valence-corrected chi connectivity index (χ4v) is 1.42. The number of hydrogen-bond acceptors (Lipinski definition) is 10. The Morgan fingerprint density at radius 3 is 1.56 bits per heavy atom. The van der Waals surface area contributed by atoms with Crippen molar-refractivity contribution in [2.24, 2.45) is 11.8 Å². The Bertz CT molecular complexity index is 413. The number of ether oxygens (including phenoxy) is 1. The Labute approximate surface area is 150 Å². The average molecular weight is 368 g/mol. The van der Waals surface area contributed by atoms with Crippen molar-refractivity contribution in [1.82, 2.24) is 11.1 Å². The maximum Gasteiger partial charge on any atom is 0.203 e. The SMILES string of the molecule is CC(C)(NOC(C)(C)ONOC(C)(C)C(C)(C)ON)OC(C)(C)ON. The van der Waals surface area contributed by atoms with Crippen LogP contribution in [0.2, 0.25) is 0 Å². The Kier molecular flexibility index (Phi) is 8.39. The molecule has 6 N–H and O–H groups in total. The molecule has 0 heterocycles. The monoisotopic (exact) mass is 368 g/mol. The highest BCUT2D eigenvalue weighted by Gasteiger charge is 2.40. The molecule has 0 spiro atoms. The van der Waals surface area contributed by atoms with Gasteiger partial charge in [0.05, 0.1) is 0 Å². The van der Waals surface area contributed by atoms with Gasteiger partial charge < -0.3 is 4.74 Å². The molecule has 0 radical (unpaired) electrons. The zero-order valence-electron chi connectivity index (χ0n) is 17.1. The lowest BCUT2D eigenvalue weighted by atomic mass is 9.90. The first kappa shape index (κ1) is 24.6. The highest BCUT2D eigenvalue weighted by atomic mass is 17.0. The Balaban J connectivity index is 4.51. The predicted octanol–water partition coefficient (Wildman–Crippen LogP) is 1.52. The van der Waals surface area contributed by atoms with Crippen LogP contribution >= 0.6 is 0 Å². The molecule has 0 aromatic rings. The fourth-order valence-electron chi connectivity index (χ4n) is 1.42. The van der Waals surface area contributed by atoms with E-state index in [-0.39, 0.29) is 0 Å². The first-order valence-electron chi connectivity index (χ1n) is 8.01. The summed E-state index contributed by atoms with van der Waals surface area (Å²) in [4.78, 5) is 26.1. The van der Waals surface area contributed by atoms with Crippen molar-refractivity contribution >= 4 is 0 Å². The van der Waals surface area contributed by atoms with E-state index in [1.807, 2.05) is 0 Å². The second-order valence-electron chi connectivity index (χ2n) is 8.16. The van der Waals surface area contributed by atoms with Gasteiger partial charge in [-0.3, -0.25) is 19.4 Å². The maximum atomic E-state index is 5.67. The molecule has 0 fully saturated rings. The van der Waals surface area contributed by atoms with Gasteiger partial charge in [0.15, 0.2) is 5.79 Å². The summed E-state index contributed by atoms with van der Waals surface area (Å²) in [5, 5.41) is 0. The van der Waals surface area contributed by atoms with E-state index in [4.69, 9.17) is 40.7 Å². The van der Waals surface area contributed by atoms with E-state index in [0.717, 1.165) is 0 Å². The van der Waals surface area contributed by atoms with Crippen molar-refractivity contribution in [2.75, 3.05) is 0 Å². The number of hydrogen-bond donors (Lipinski definition) is 4. The van der Waals surface area contributed by atoms with Gasteiger partial charge in [-0.2, -0.15) is 5.48 Å². The van der Waals surface area contributed by atoms with Gasteiger partial charge in [0.2, 0.25) is 5.79 Å². The highest BCUT2D eigenvalue weighted by Crippen LogP contribution is 2.27. The van der Waals surface area contributed by atoms with Crippen molar-refractivity contribution < 1.29 is 28.9 Å². The summed E-state index contributed by atoms with van der Waals surface area (Å²) in [6.07, 6.45) is 0. The summed E-state index contributed by atoms with van der Waals surface area (Å²) in [7, 11) is 0. The molecule has 0 amide bonds. The van der Waals surface area contributed by atoms with E-state index in [9.17, 15) is 0 Å². The summed E-state index contributed by atoms with van der Waals surface area (Å²) in [6, 6.07) is 0. The molecule has 0 aromatic heterocycles. The van der Waals surface area contributed by atoms with E-state index in [1.165, 1.54) is 0 Å². The molecule has 0 saturated carbocycles. The first-order valence-corrected chi connectivity index (χ1v) is 8.01. The Morgan fingerprint density at radius 2 is 1.12 bits per heavy atom. The lowest BCUT2D eigenvalue weighted by Crippen LogP contribution is -2.55. The van der Waals surface area contributed by atoms with Crippen LogP contribution in [-0.4, -0.2) is 28.5 Å². The number of rotatable bonds is 12. The molecule has 0 bridgehead atoms. The average Bonchev–Trinajstić information content (AvgIpc) is 2.44. The normalized spacial score (nSPS) is 14.9. The molecule has 0 saturated heterocycles. The molecule has 0 aliphatic heterocycles. The summed E-state index contributed by atoms with van der Waals surface area (Å²) >= 11 is 0. The van der Waals surface area contributed by atoms with Crippen molar-refractivity contribution in [1.29, 1.82) is 0 Å². The summed E-state index contributed by atoms with van der Waals surface area (Å²) in [6.45, 7) is 17.4. The van der Waals surface area contributed by atoms with Crippen LogP contribution in [0.25, 0.3) is 0 Å². The molecule has 0 aliphatic rings. The minimum absolute atomic E-state index is 0.754. The van der Waals surface area contributed by atoms with Gasteiger partial charge >= 0.3 is 0 Å². The lowest BCUT2D eigenvalue weighted by Gasteiger charge is -2.39. The Hall–Kier alpha value is -0.400. The largest absolute Gasteiger partial charge is 0.326 e. The molecule has 0 aromatic carbocycles. The van der Waals surface area contributed by atoms with Gasteiger partial charge in [-0.05, 0) is 69.2 Å². The van der Waals surface area contributed by atoms with Crippen LogP contribution in [-0.2, 0) is 28.9 Å². The molecule has 0 unspecified atom stereocenters. The van der Waals surface area contributed by atoms with Crippen LogP contribution in [0.5, 0.6) is 0 Å². The van der Waals surface area contributed by atoms with E-state index in [2.05, 4.69) is 11.1 Å². The van der Waals surface area contributed by atoms with E-state index in [1.54, 1.807) is 69.2 Å². The lowest BCUT2D eigenvalue weighted by molar-refractivity contribution is -0.382. The third-order valence-electron chi connectivity index (χ3n) is 3.66. The quantitative estimate of drug-likeness (QED) is 0.297. The minimum Gasteiger partial charge on any atom is -0.326 e. The molecule has 10 heteroatoms. The highest BCUT2D eigenvalue weighted by molar-refractivity contribution is 4.88. The summed E-state index contributed by atoms with van der Waals surface area (Å²) < 4.78 is 5.67. The molecule has 0 aliphatic carbocycles. The van der Waals surface area contributed by atoms with Crippen molar-refractivity contribution in [2.45, 2.75) is 97.7 Å². The zero-order chi connectivity index (χ0) is 20.2. The van der Waals surface area contributed by atoms with Crippen molar-refractivity contribution in [3.8, 4) is 0 Å². The van der Waals surface area contributed by atoms with Crippen LogP contribution in [0.4, 0.5) is 0 Å². The third kappa shape index (κ3) is 8.69. The van der Waals surface area contributed by atoms with Gasteiger partial charge in [-0.15, -0.1) is 0 Å². The van der Waals surface area contributed by atoms with E-state index >= 15 is 0 Å². The van der Waals surface area contributed by atoms with Crippen LogP contribution in [0.3, 0.4) is 0 Å². The second-order valence-corrected chi connectivity index (χ2v) is 8.16. The second kappa shape index (κ2) is 8.53. The fraction of sp³-hybridized carbons (Fsp3) is 1.00. The van der Waals surface area contributed by atoms with Crippen LogP contribution in [0.15, 0.2) is 0 Å². The zero-order valence-corrected chi connectivity index (χ0v) is 17.1. The molecule has 25 heavy (non-hydrogen) atoms. The van der Waals surface area contributed by atoms with E-state index in [0.29, 0.717) is 0 Å². The van der Waals surface area contributed by atoms with Crippen LogP contribution < -0.4 is 22.9 Å². The number of hydroxylamine groups is 1. The smallest absolute Gasteiger partial charge is 0.203 e.